The van der Waals surface area contributed by atoms with Gasteiger partial charge in [-0.25, -0.2) is 4.79 Å². The van der Waals surface area contributed by atoms with Crippen LogP contribution in [0.1, 0.15) is 43.0 Å². The van der Waals surface area contributed by atoms with Crippen LogP contribution < -0.4 is 10.6 Å². The second-order valence-electron chi connectivity index (χ2n) is 6.83. The molecule has 0 aliphatic heterocycles. The second-order valence-corrected chi connectivity index (χ2v) is 7.27. The number of hydrogen-bond donors (Lipinski definition) is 2. The van der Waals surface area contributed by atoms with E-state index >= 15 is 0 Å². The highest BCUT2D eigenvalue weighted by molar-refractivity contribution is 6.30. The molecule has 0 saturated heterocycles. The van der Waals surface area contributed by atoms with Gasteiger partial charge in [0, 0.05) is 22.8 Å². The van der Waals surface area contributed by atoms with Crippen molar-refractivity contribution in [1.82, 2.24) is 0 Å². The first-order valence-corrected chi connectivity index (χ1v) is 10.5. The third-order valence-corrected chi connectivity index (χ3v) is 4.40. The van der Waals surface area contributed by atoms with Crippen molar-refractivity contribution in [3.63, 3.8) is 0 Å². The molecule has 0 atom stereocenters. The van der Waals surface area contributed by atoms with Crippen LogP contribution in [0, 0.1) is 0 Å². The van der Waals surface area contributed by atoms with Crippen LogP contribution in [0.25, 0.3) is 0 Å². The van der Waals surface area contributed by atoms with Crippen LogP contribution in [0.15, 0.2) is 48.5 Å². The van der Waals surface area contributed by atoms with Crippen molar-refractivity contribution in [2.75, 3.05) is 23.8 Å². The smallest absolute Gasteiger partial charge is 0.338 e. The van der Waals surface area contributed by atoms with Crippen molar-refractivity contribution in [1.29, 1.82) is 0 Å². The Morgan fingerprint density at radius 2 is 1.59 bits per heavy atom. The Morgan fingerprint density at radius 3 is 2.28 bits per heavy atom. The van der Waals surface area contributed by atoms with Gasteiger partial charge in [-0.1, -0.05) is 31.0 Å². The Kier molecular flexibility index (Phi) is 10.2. The molecule has 0 unspecified atom stereocenters. The number of unbranched alkanes of at least 4 members (excludes halogenated alkanes) is 1. The number of carbonyl (C=O) groups is 4. The van der Waals surface area contributed by atoms with E-state index in [9.17, 15) is 19.2 Å². The van der Waals surface area contributed by atoms with Crippen molar-refractivity contribution >= 4 is 46.7 Å². The predicted octanol–water partition coefficient (Wildman–Crippen LogP) is 4.20. The SMILES string of the molecule is CCCCOC(=O)c1ccc(NC(=O)COC(=O)CCC(=O)Nc2cccc(Cl)c2)cc1. The van der Waals surface area contributed by atoms with E-state index in [1.54, 1.807) is 36.4 Å². The van der Waals surface area contributed by atoms with E-state index in [4.69, 9.17) is 21.1 Å². The number of rotatable bonds is 11. The molecule has 8 nitrogen and oxygen atoms in total. The molecule has 0 heterocycles. The van der Waals surface area contributed by atoms with Gasteiger partial charge in [0.25, 0.3) is 5.91 Å². The van der Waals surface area contributed by atoms with Crippen LogP contribution in [0.2, 0.25) is 5.02 Å². The first-order valence-electron chi connectivity index (χ1n) is 10.2. The molecule has 0 bridgehead atoms. The van der Waals surface area contributed by atoms with Crippen molar-refractivity contribution in [2.45, 2.75) is 32.6 Å². The van der Waals surface area contributed by atoms with Crippen molar-refractivity contribution in [3.8, 4) is 0 Å². The predicted molar refractivity (Wildman–Crippen MR) is 121 cm³/mol. The first kappa shape index (κ1) is 24.9. The van der Waals surface area contributed by atoms with E-state index in [1.807, 2.05) is 6.92 Å². The lowest BCUT2D eigenvalue weighted by Gasteiger charge is -2.08. The summed E-state index contributed by atoms with van der Waals surface area (Å²) in [6.45, 7) is 1.87. The lowest BCUT2D eigenvalue weighted by Crippen LogP contribution is -2.21. The molecule has 2 aromatic carbocycles. The van der Waals surface area contributed by atoms with Crippen LogP contribution in [0.4, 0.5) is 11.4 Å². The summed E-state index contributed by atoms with van der Waals surface area (Å²) in [5, 5.41) is 5.66. The number of benzene rings is 2. The quantitative estimate of drug-likeness (QED) is 0.384. The Morgan fingerprint density at radius 1 is 0.875 bits per heavy atom. The molecule has 0 aliphatic rings. The molecule has 170 valence electrons. The molecule has 32 heavy (non-hydrogen) atoms. The molecule has 0 fully saturated rings. The largest absolute Gasteiger partial charge is 0.462 e. The maximum atomic E-state index is 11.9. The topological polar surface area (TPSA) is 111 Å². The fourth-order valence-electron chi connectivity index (χ4n) is 2.50. The van der Waals surface area contributed by atoms with Gasteiger partial charge < -0.3 is 20.1 Å². The summed E-state index contributed by atoms with van der Waals surface area (Å²) in [5.41, 5.74) is 1.34. The molecule has 0 radical (unpaired) electrons. The second kappa shape index (κ2) is 13.1. The molecule has 0 spiro atoms. The average molecular weight is 461 g/mol. The van der Waals surface area contributed by atoms with Crippen LogP contribution in [-0.2, 0) is 23.9 Å². The summed E-state index contributed by atoms with van der Waals surface area (Å²) >= 11 is 5.85. The van der Waals surface area contributed by atoms with Gasteiger partial charge in [0.1, 0.15) is 0 Å². The van der Waals surface area contributed by atoms with Crippen LogP contribution in [-0.4, -0.2) is 37.0 Å². The number of ether oxygens (including phenoxy) is 2. The maximum Gasteiger partial charge on any atom is 0.338 e. The molecular weight excluding hydrogens is 436 g/mol. The van der Waals surface area contributed by atoms with Gasteiger partial charge in [0.05, 0.1) is 18.6 Å². The number of esters is 2. The zero-order chi connectivity index (χ0) is 23.3. The van der Waals surface area contributed by atoms with E-state index in [0.717, 1.165) is 12.8 Å². The Bertz CT molecular complexity index is 946. The minimum Gasteiger partial charge on any atom is -0.462 e. The van der Waals surface area contributed by atoms with Gasteiger partial charge in [0.15, 0.2) is 6.61 Å². The molecule has 0 saturated carbocycles. The normalized spacial score (nSPS) is 10.2. The molecule has 2 amide bonds. The van der Waals surface area contributed by atoms with Crippen LogP contribution >= 0.6 is 11.6 Å². The highest BCUT2D eigenvalue weighted by Gasteiger charge is 2.12. The maximum absolute atomic E-state index is 11.9. The number of nitrogens with one attached hydrogen (secondary N) is 2. The fourth-order valence-corrected chi connectivity index (χ4v) is 2.69. The van der Waals surface area contributed by atoms with Crippen molar-refractivity contribution < 1.29 is 28.7 Å². The fraction of sp³-hybridized carbons (Fsp3) is 0.304. The van der Waals surface area contributed by atoms with Crippen molar-refractivity contribution in [3.05, 3.63) is 59.1 Å². The lowest BCUT2D eigenvalue weighted by atomic mass is 10.2. The summed E-state index contributed by atoms with van der Waals surface area (Å²) in [6.07, 6.45) is 1.46. The molecule has 2 rings (SSSR count). The zero-order valence-corrected chi connectivity index (χ0v) is 18.4. The minimum absolute atomic E-state index is 0.0945. The van der Waals surface area contributed by atoms with Crippen LogP contribution in [0.3, 0.4) is 0 Å². The average Bonchev–Trinajstić information content (AvgIpc) is 2.77. The highest BCUT2D eigenvalue weighted by Crippen LogP contribution is 2.15. The highest BCUT2D eigenvalue weighted by atomic mass is 35.5. The van der Waals surface area contributed by atoms with Gasteiger partial charge in [-0.15, -0.1) is 0 Å². The Balaban J connectivity index is 1.68. The molecule has 0 aromatic heterocycles. The number of halogens is 1. The third kappa shape index (κ3) is 9.18. The standard InChI is InChI=1S/C23H25ClN2O6/c1-2-3-13-31-23(30)16-7-9-18(10-8-16)25-21(28)15-32-22(29)12-11-20(27)26-19-6-4-5-17(24)14-19/h4-10,14H,2-3,11-13,15H2,1H3,(H,25,28)(H,26,27). The molecular formula is C23H25ClN2O6. The van der Waals surface area contributed by atoms with Crippen LogP contribution in [0.5, 0.6) is 0 Å². The molecule has 2 aromatic rings. The number of carbonyl (C=O) groups excluding carboxylic acids is 4. The third-order valence-electron chi connectivity index (χ3n) is 4.16. The van der Waals surface area contributed by atoms with Gasteiger partial charge >= 0.3 is 11.9 Å². The summed E-state index contributed by atoms with van der Waals surface area (Å²) in [5.74, 6) is -2.02. The Labute approximate surface area is 191 Å². The van der Waals surface area contributed by atoms with E-state index in [2.05, 4.69) is 10.6 Å². The Hall–Kier alpha value is -3.39. The molecule has 0 aliphatic carbocycles. The summed E-state index contributed by atoms with van der Waals surface area (Å²) in [4.78, 5) is 47.5. The minimum atomic E-state index is -0.674. The van der Waals surface area contributed by atoms with Gasteiger partial charge in [-0.2, -0.15) is 0 Å². The monoisotopic (exact) mass is 460 g/mol. The van der Waals surface area contributed by atoms with Gasteiger partial charge in [-0.3, -0.25) is 14.4 Å². The number of anilines is 2. The summed E-state index contributed by atoms with van der Waals surface area (Å²) in [6, 6.07) is 12.8. The molecule has 9 heteroatoms. The number of amides is 2. The van der Waals surface area contributed by atoms with Gasteiger partial charge in [-0.05, 0) is 48.9 Å². The first-order chi connectivity index (χ1) is 15.4. The lowest BCUT2D eigenvalue weighted by molar-refractivity contribution is -0.147. The van der Waals surface area contributed by atoms with E-state index in [0.29, 0.717) is 28.6 Å². The van der Waals surface area contributed by atoms with Crippen molar-refractivity contribution in [2.24, 2.45) is 0 Å². The zero-order valence-electron chi connectivity index (χ0n) is 17.7. The van der Waals surface area contributed by atoms with E-state index in [-0.39, 0.29) is 18.7 Å². The van der Waals surface area contributed by atoms with E-state index in [1.165, 1.54) is 12.1 Å². The summed E-state index contributed by atoms with van der Waals surface area (Å²) in [7, 11) is 0. The van der Waals surface area contributed by atoms with Gasteiger partial charge in [0.2, 0.25) is 5.91 Å². The number of hydrogen-bond acceptors (Lipinski definition) is 6. The summed E-state index contributed by atoms with van der Waals surface area (Å²) < 4.78 is 10.0. The van der Waals surface area contributed by atoms with E-state index < -0.39 is 24.5 Å². The molecule has 2 N–H and O–H groups in total.